The molecule has 0 aliphatic rings. The van der Waals surface area contributed by atoms with E-state index in [-0.39, 0.29) is 5.97 Å². The standard InChI is InChI=1S/C15H14N2O3S2/c1-3-20-14(18)12-8-11-13(21-12)17-15(22-11)16-9-6-4-5-7-10(9)19-2/h4-8H,3H2,1-2H3,(H,16,17). The average molecular weight is 334 g/mol. The zero-order valence-electron chi connectivity index (χ0n) is 12.1. The number of hydrogen-bond donors (Lipinski definition) is 1. The number of methoxy groups -OCH3 is 1. The van der Waals surface area contributed by atoms with E-state index in [0.29, 0.717) is 11.5 Å². The van der Waals surface area contributed by atoms with E-state index in [1.54, 1.807) is 14.0 Å². The van der Waals surface area contributed by atoms with Crippen molar-refractivity contribution in [1.29, 1.82) is 0 Å². The normalized spacial score (nSPS) is 10.6. The van der Waals surface area contributed by atoms with Crippen molar-refractivity contribution in [2.24, 2.45) is 0 Å². The number of ether oxygens (including phenoxy) is 2. The summed E-state index contributed by atoms with van der Waals surface area (Å²) in [7, 11) is 1.63. The van der Waals surface area contributed by atoms with E-state index in [1.165, 1.54) is 22.7 Å². The van der Waals surface area contributed by atoms with Crippen molar-refractivity contribution in [2.75, 3.05) is 19.0 Å². The number of hydrogen-bond acceptors (Lipinski definition) is 7. The quantitative estimate of drug-likeness (QED) is 0.705. The molecule has 1 N–H and O–H groups in total. The van der Waals surface area contributed by atoms with Gasteiger partial charge in [0.05, 0.1) is 24.1 Å². The van der Waals surface area contributed by atoms with Gasteiger partial charge in [0.2, 0.25) is 0 Å². The lowest BCUT2D eigenvalue weighted by molar-refractivity contribution is 0.0532. The first-order valence-electron chi connectivity index (χ1n) is 6.68. The highest BCUT2D eigenvalue weighted by Gasteiger charge is 2.15. The lowest BCUT2D eigenvalue weighted by Crippen LogP contribution is -2.01. The molecule has 2 aromatic heterocycles. The number of carbonyl (C=O) groups excluding carboxylic acids is 1. The van der Waals surface area contributed by atoms with Gasteiger partial charge in [-0.2, -0.15) is 0 Å². The monoisotopic (exact) mass is 334 g/mol. The summed E-state index contributed by atoms with van der Waals surface area (Å²) < 4.78 is 11.3. The molecule has 1 aromatic carbocycles. The minimum Gasteiger partial charge on any atom is -0.495 e. The first-order valence-corrected chi connectivity index (χ1v) is 8.32. The Bertz CT molecular complexity index is 779. The van der Waals surface area contributed by atoms with Crippen molar-refractivity contribution in [3.8, 4) is 5.75 Å². The zero-order chi connectivity index (χ0) is 15.5. The van der Waals surface area contributed by atoms with Crippen LogP contribution in [0.1, 0.15) is 16.6 Å². The van der Waals surface area contributed by atoms with Crippen molar-refractivity contribution in [3.63, 3.8) is 0 Å². The zero-order valence-corrected chi connectivity index (χ0v) is 13.7. The first-order chi connectivity index (χ1) is 10.7. The molecular formula is C15H14N2O3S2. The Morgan fingerprint density at radius 3 is 2.86 bits per heavy atom. The Morgan fingerprint density at radius 2 is 2.14 bits per heavy atom. The molecule has 3 rings (SSSR count). The van der Waals surface area contributed by atoms with Gasteiger partial charge in [-0.25, -0.2) is 9.78 Å². The number of aromatic nitrogens is 1. The fraction of sp³-hybridized carbons (Fsp3) is 0.200. The molecule has 0 aliphatic heterocycles. The third-order valence-corrected chi connectivity index (χ3v) is 4.97. The van der Waals surface area contributed by atoms with E-state index < -0.39 is 0 Å². The second-order valence-electron chi connectivity index (χ2n) is 4.34. The van der Waals surface area contributed by atoms with Crippen LogP contribution in [0.3, 0.4) is 0 Å². The molecule has 0 atom stereocenters. The van der Waals surface area contributed by atoms with Gasteiger partial charge in [-0.05, 0) is 25.1 Å². The average Bonchev–Trinajstić information content (AvgIpc) is 3.06. The molecular weight excluding hydrogens is 320 g/mol. The summed E-state index contributed by atoms with van der Waals surface area (Å²) in [5, 5.41) is 4.01. The second-order valence-corrected chi connectivity index (χ2v) is 6.41. The van der Waals surface area contributed by atoms with Gasteiger partial charge in [0.25, 0.3) is 0 Å². The maximum Gasteiger partial charge on any atom is 0.348 e. The molecule has 0 saturated heterocycles. The Balaban J connectivity index is 1.84. The van der Waals surface area contributed by atoms with Crippen molar-refractivity contribution < 1.29 is 14.3 Å². The highest BCUT2D eigenvalue weighted by atomic mass is 32.1. The number of benzene rings is 1. The van der Waals surface area contributed by atoms with Crippen LogP contribution < -0.4 is 10.1 Å². The van der Waals surface area contributed by atoms with Gasteiger partial charge in [0.15, 0.2) is 5.13 Å². The van der Waals surface area contributed by atoms with Gasteiger partial charge in [-0.15, -0.1) is 11.3 Å². The minimum absolute atomic E-state index is 0.295. The smallest absolute Gasteiger partial charge is 0.348 e. The predicted octanol–water partition coefficient (Wildman–Crippen LogP) is 4.29. The van der Waals surface area contributed by atoms with Crippen LogP contribution in [-0.2, 0) is 4.74 Å². The van der Waals surface area contributed by atoms with Gasteiger partial charge < -0.3 is 14.8 Å². The van der Waals surface area contributed by atoms with Crippen LogP contribution in [-0.4, -0.2) is 24.7 Å². The van der Waals surface area contributed by atoms with Crippen LogP contribution in [0.4, 0.5) is 10.8 Å². The van der Waals surface area contributed by atoms with E-state index in [0.717, 1.165) is 26.1 Å². The summed E-state index contributed by atoms with van der Waals surface area (Å²) in [6.45, 7) is 2.17. The summed E-state index contributed by atoms with van der Waals surface area (Å²) in [5.74, 6) is 0.463. The second kappa shape index (κ2) is 6.33. The molecule has 114 valence electrons. The Kier molecular flexibility index (Phi) is 4.26. The molecule has 0 unspecified atom stereocenters. The maximum atomic E-state index is 11.7. The molecule has 0 radical (unpaired) electrons. The van der Waals surface area contributed by atoms with Gasteiger partial charge >= 0.3 is 5.97 Å². The molecule has 7 heteroatoms. The number of rotatable bonds is 5. The van der Waals surface area contributed by atoms with E-state index in [2.05, 4.69) is 10.3 Å². The number of carbonyl (C=O) groups is 1. The number of anilines is 2. The molecule has 2 heterocycles. The van der Waals surface area contributed by atoms with E-state index in [1.807, 2.05) is 30.3 Å². The Morgan fingerprint density at radius 1 is 1.32 bits per heavy atom. The number of thiophene rings is 1. The lowest BCUT2D eigenvalue weighted by atomic mass is 10.3. The summed E-state index contributed by atoms with van der Waals surface area (Å²) in [6.07, 6.45) is 0. The predicted molar refractivity (Wildman–Crippen MR) is 89.7 cm³/mol. The third-order valence-electron chi connectivity index (χ3n) is 2.91. The van der Waals surface area contributed by atoms with Crippen molar-refractivity contribution in [1.82, 2.24) is 4.98 Å². The fourth-order valence-electron chi connectivity index (χ4n) is 1.95. The van der Waals surface area contributed by atoms with E-state index in [4.69, 9.17) is 9.47 Å². The number of nitrogens with zero attached hydrogens (tertiary/aromatic N) is 1. The summed E-state index contributed by atoms with van der Waals surface area (Å²) in [6, 6.07) is 9.48. The fourth-order valence-corrected chi connectivity index (χ4v) is 3.98. The number of fused-ring (bicyclic) bond motifs is 1. The van der Waals surface area contributed by atoms with Crippen molar-refractivity contribution in [3.05, 3.63) is 35.2 Å². The number of para-hydroxylation sites is 2. The van der Waals surface area contributed by atoms with E-state index in [9.17, 15) is 4.79 Å². The van der Waals surface area contributed by atoms with Gasteiger partial charge in [0, 0.05) is 0 Å². The highest BCUT2D eigenvalue weighted by Crippen LogP contribution is 2.36. The molecule has 0 saturated carbocycles. The Labute approximate surface area is 135 Å². The summed E-state index contributed by atoms with van der Waals surface area (Å²) >= 11 is 2.83. The molecule has 22 heavy (non-hydrogen) atoms. The summed E-state index contributed by atoms with van der Waals surface area (Å²) in [4.78, 5) is 17.6. The number of esters is 1. The van der Waals surface area contributed by atoms with Gasteiger partial charge in [0.1, 0.15) is 15.5 Å². The number of thiazole rings is 1. The number of nitrogens with one attached hydrogen (secondary N) is 1. The SMILES string of the molecule is CCOC(=O)c1cc2sc(Nc3ccccc3OC)nc2s1. The molecule has 3 aromatic rings. The largest absolute Gasteiger partial charge is 0.495 e. The van der Waals surface area contributed by atoms with E-state index >= 15 is 0 Å². The van der Waals surface area contributed by atoms with Gasteiger partial charge in [-0.3, -0.25) is 0 Å². The van der Waals surface area contributed by atoms with Crippen LogP contribution in [0.2, 0.25) is 0 Å². The molecule has 5 nitrogen and oxygen atoms in total. The molecule has 0 bridgehead atoms. The molecule has 0 fully saturated rings. The van der Waals surface area contributed by atoms with Crippen LogP contribution in [0.5, 0.6) is 5.75 Å². The lowest BCUT2D eigenvalue weighted by Gasteiger charge is -2.07. The van der Waals surface area contributed by atoms with Crippen molar-refractivity contribution >= 4 is 49.0 Å². The van der Waals surface area contributed by atoms with Crippen molar-refractivity contribution in [2.45, 2.75) is 6.92 Å². The molecule has 0 aliphatic carbocycles. The topological polar surface area (TPSA) is 60.5 Å². The summed E-state index contributed by atoms with van der Waals surface area (Å²) in [5.41, 5.74) is 0.858. The molecule has 0 amide bonds. The van der Waals surface area contributed by atoms with Crippen LogP contribution in [0, 0.1) is 0 Å². The van der Waals surface area contributed by atoms with Gasteiger partial charge in [-0.1, -0.05) is 23.5 Å². The third kappa shape index (κ3) is 2.90. The highest BCUT2D eigenvalue weighted by molar-refractivity contribution is 7.29. The first kappa shape index (κ1) is 14.8. The molecule has 0 spiro atoms. The Hall–Kier alpha value is -2.12. The van der Waals surface area contributed by atoms with Crippen LogP contribution in [0.15, 0.2) is 30.3 Å². The van der Waals surface area contributed by atoms with Crippen LogP contribution >= 0.6 is 22.7 Å². The minimum atomic E-state index is -0.295. The maximum absolute atomic E-state index is 11.7. The van der Waals surface area contributed by atoms with Crippen LogP contribution in [0.25, 0.3) is 9.53 Å².